The Labute approximate surface area is 92.3 Å². The molecule has 0 aliphatic heterocycles. The molecule has 3 nitrogen and oxygen atoms in total. The molecule has 0 aromatic carbocycles. The Hall–Kier alpha value is -0.830. The van der Waals surface area contributed by atoms with E-state index < -0.39 is 0 Å². The van der Waals surface area contributed by atoms with Crippen molar-refractivity contribution in [2.45, 2.75) is 52.5 Å². The first kappa shape index (κ1) is 12.2. The highest BCUT2D eigenvalue weighted by Crippen LogP contribution is 2.15. The zero-order valence-corrected chi connectivity index (χ0v) is 10.4. The van der Waals surface area contributed by atoms with Gasteiger partial charge in [-0.05, 0) is 20.8 Å². The highest BCUT2D eigenvalue weighted by molar-refractivity contribution is 4.99. The first-order chi connectivity index (χ1) is 6.88. The molecule has 0 radical (unpaired) electrons. The van der Waals surface area contributed by atoms with Crippen LogP contribution in [0.1, 0.15) is 52.2 Å². The van der Waals surface area contributed by atoms with E-state index in [9.17, 15) is 0 Å². The van der Waals surface area contributed by atoms with Gasteiger partial charge in [0.25, 0.3) is 0 Å². The number of rotatable bonds is 4. The quantitative estimate of drug-likeness (QED) is 0.830. The van der Waals surface area contributed by atoms with Gasteiger partial charge in [0.05, 0.1) is 6.20 Å². The van der Waals surface area contributed by atoms with E-state index in [0.717, 1.165) is 24.6 Å². The van der Waals surface area contributed by atoms with Gasteiger partial charge in [-0.1, -0.05) is 13.8 Å². The van der Waals surface area contributed by atoms with Gasteiger partial charge in [0.2, 0.25) is 0 Å². The van der Waals surface area contributed by atoms with E-state index in [2.05, 4.69) is 44.9 Å². The Bertz CT molecular complexity index is 297. The Morgan fingerprint density at radius 2 is 2.07 bits per heavy atom. The maximum absolute atomic E-state index is 5.61. The number of nitrogens with one attached hydrogen (secondary N) is 1. The van der Waals surface area contributed by atoms with E-state index in [1.807, 2.05) is 6.20 Å². The van der Waals surface area contributed by atoms with Crippen LogP contribution < -0.4 is 5.32 Å². The van der Waals surface area contributed by atoms with Crippen LogP contribution in [0.25, 0.3) is 0 Å². The second-order valence-corrected chi connectivity index (χ2v) is 5.24. The third-order valence-electron chi connectivity index (χ3n) is 2.13. The summed E-state index contributed by atoms with van der Waals surface area (Å²) in [5.74, 6) is 2.22. The minimum absolute atomic E-state index is 0.160. The molecule has 1 rings (SSSR count). The summed E-state index contributed by atoms with van der Waals surface area (Å²) >= 11 is 0. The van der Waals surface area contributed by atoms with E-state index in [1.165, 1.54) is 0 Å². The van der Waals surface area contributed by atoms with Crippen molar-refractivity contribution in [3.8, 4) is 0 Å². The molecule has 1 aromatic rings. The summed E-state index contributed by atoms with van der Waals surface area (Å²) in [5, 5.41) is 3.41. The van der Waals surface area contributed by atoms with Crippen LogP contribution in [0.2, 0.25) is 0 Å². The fraction of sp³-hybridized carbons (Fsp3) is 0.750. The maximum atomic E-state index is 5.61. The van der Waals surface area contributed by atoms with Gasteiger partial charge in [-0.15, -0.1) is 0 Å². The average molecular weight is 210 g/mol. The molecular weight excluding hydrogens is 188 g/mol. The zero-order chi connectivity index (χ0) is 11.5. The fourth-order valence-corrected chi connectivity index (χ4v) is 1.25. The Balaban J connectivity index is 2.38. The number of hydrogen-bond donors (Lipinski definition) is 1. The van der Waals surface area contributed by atoms with Crippen LogP contribution in [0.4, 0.5) is 0 Å². The number of aromatic nitrogens is 1. The lowest BCUT2D eigenvalue weighted by Gasteiger charge is -2.19. The molecular formula is C12H22N2O. The fourth-order valence-electron chi connectivity index (χ4n) is 1.25. The molecule has 0 aliphatic rings. The van der Waals surface area contributed by atoms with Gasteiger partial charge < -0.3 is 9.73 Å². The molecule has 0 spiro atoms. The lowest BCUT2D eigenvalue weighted by atomic mass is 10.1. The van der Waals surface area contributed by atoms with Crippen LogP contribution in [0.3, 0.4) is 0 Å². The van der Waals surface area contributed by atoms with Crippen molar-refractivity contribution < 1.29 is 4.42 Å². The first-order valence-corrected chi connectivity index (χ1v) is 5.58. The predicted octanol–water partition coefficient (Wildman–Crippen LogP) is 2.73. The molecule has 0 unspecified atom stereocenters. The molecule has 3 heteroatoms. The molecule has 15 heavy (non-hydrogen) atoms. The van der Waals surface area contributed by atoms with Crippen LogP contribution in [0, 0.1) is 0 Å². The largest absolute Gasteiger partial charge is 0.445 e. The third-order valence-corrected chi connectivity index (χ3v) is 2.13. The number of nitrogens with zero attached hydrogens (tertiary/aromatic N) is 1. The average Bonchev–Trinajstić information content (AvgIpc) is 2.50. The molecule has 86 valence electrons. The van der Waals surface area contributed by atoms with Crippen LogP contribution in [0.15, 0.2) is 10.6 Å². The summed E-state index contributed by atoms with van der Waals surface area (Å²) < 4.78 is 5.61. The third kappa shape index (κ3) is 4.47. The van der Waals surface area contributed by atoms with E-state index in [1.54, 1.807) is 0 Å². The molecule has 1 aromatic heterocycles. The van der Waals surface area contributed by atoms with E-state index in [4.69, 9.17) is 4.42 Å². The minimum Gasteiger partial charge on any atom is -0.445 e. The second kappa shape index (κ2) is 4.79. The number of hydrogen-bond acceptors (Lipinski definition) is 3. The summed E-state index contributed by atoms with van der Waals surface area (Å²) in [5.41, 5.74) is 0.160. The number of oxazole rings is 1. The van der Waals surface area contributed by atoms with Gasteiger partial charge in [-0.2, -0.15) is 0 Å². The molecule has 1 N–H and O–H groups in total. The van der Waals surface area contributed by atoms with E-state index in [-0.39, 0.29) is 5.54 Å². The molecule has 0 saturated carbocycles. The van der Waals surface area contributed by atoms with Gasteiger partial charge in [0.15, 0.2) is 5.89 Å². The van der Waals surface area contributed by atoms with E-state index in [0.29, 0.717) is 5.92 Å². The topological polar surface area (TPSA) is 38.1 Å². The maximum Gasteiger partial charge on any atom is 0.195 e. The van der Waals surface area contributed by atoms with Gasteiger partial charge in [0, 0.05) is 24.4 Å². The molecule has 0 amide bonds. The van der Waals surface area contributed by atoms with E-state index >= 15 is 0 Å². The predicted molar refractivity (Wildman–Crippen MR) is 62.1 cm³/mol. The minimum atomic E-state index is 0.160. The summed E-state index contributed by atoms with van der Waals surface area (Å²) in [6, 6.07) is 0. The van der Waals surface area contributed by atoms with Gasteiger partial charge in [-0.3, -0.25) is 0 Å². The standard InChI is InChI=1S/C12H22N2O/c1-9(2)10-8-13-11(15-10)6-7-14-12(3,4)5/h8-9,14H,6-7H2,1-5H3. The monoisotopic (exact) mass is 210 g/mol. The molecule has 0 saturated heterocycles. The van der Waals surface area contributed by atoms with Crippen molar-refractivity contribution in [3.05, 3.63) is 17.8 Å². The van der Waals surface area contributed by atoms with Crippen LogP contribution in [0.5, 0.6) is 0 Å². The lowest BCUT2D eigenvalue weighted by Crippen LogP contribution is -2.37. The molecule has 0 bridgehead atoms. The van der Waals surface area contributed by atoms with Crippen molar-refractivity contribution in [3.63, 3.8) is 0 Å². The van der Waals surface area contributed by atoms with Crippen molar-refractivity contribution in [2.75, 3.05) is 6.54 Å². The SMILES string of the molecule is CC(C)c1cnc(CCNC(C)(C)C)o1. The second-order valence-electron chi connectivity index (χ2n) is 5.24. The van der Waals surface area contributed by atoms with Crippen molar-refractivity contribution in [1.82, 2.24) is 10.3 Å². The zero-order valence-electron chi connectivity index (χ0n) is 10.4. The Kier molecular flexibility index (Phi) is 3.91. The van der Waals surface area contributed by atoms with Crippen LogP contribution in [-0.2, 0) is 6.42 Å². The van der Waals surface area contributed by atoms with Gasteiger partial charge >= 0.3 is 0 Å². The van der Waals surface area contributed by atoms with Crippen LogP contribution in [-0.4, -0.2) is 17.1 Å². The van der Waals surface area contributed by atoms with Crippen molar-refractivity contribution in [2.24, 2.45) is 0 Å². The summed E-state index contributed by atoms with van der Waals surface area (Å²) in [4.78, 5) is 4.25. The first-order valence-electron chi connectivity index (χ1n) is 5.58. The smallest absolute Gasteiger partial charge is 0.195 e. The van der Waals surface area contributed by atoms with Crippen molar-refractivity contribution in [1.29, 1.82) is 0 Å². The van der Waals surface area contributed by atoms with Gasteiger partial charge in [0.1, 0.15) is 5.76 Å². The van der Waals surface area contributed by atoms with Gasteiger partial charge in [-0.25, -0.2) is 4.98 Å². The Morgan fingerprint density at radius 1 is 1.40 bits per heavy atom. The molecule has 0 aliphatic carbocycles. The highest BCUT2D eigenvalue weighted by Gasteiger charge is 2.10. The molecule has 1 heterocycles. The lowest BCUT2D eigenvalue weighted by molar-refractivity contribution is 0.397. The van der Waals surface area contributed by atoms with Crippen molar-refractivity contribution >= 4 is 0 Å². The Morgan fingerprint density at radius 3 is 2.53 bits per heavy atom. The highest BCUT2D eigenvalue weighted by atomic mass is 16.4. The molecule has 0 fully saturated rings. The van der Waals surface area contributed by atoms with Crippen LogP contribution >= 0.6 is 0 Å². The summed E-state index contributed by atoms with van der Waals surface area (Å²) in [7, 11) is 0. The summed E-state index contributed by atoms with van der Waals surface area (Å²) in [6.07, 6.45) is 2.68. The normalized spacial score (nSPS) is 12.4. The molecule has 0 atom stereocenters. The summed E-state index contributed by atoms with van der Waals surface area (Å²) in [6.45, 7) is 11.6.